The van der Waals surface area contributed by atoms with Crippen molar-refractivity contribution in [1.29, 1.82) is 5.41 Å². The maximum Gasteiger partial charge on any atom is 0.137 e. The molecule has 0 heterocycles. The fourth-order valence-electron chi connectivity index (χ4n) is 1.63. The lowest BCUT2D eigenvalue weighted by Crippen LogP contribution is -2.13. The number of hydrogen-bond acceptors (Lipinski definition) is 2. The van der Waals surface area contributed by atoms with Crippen LogP contribution in [0.4, 0.5) is 4.39 Å². The highest BCUT2D eigenvalue weighted by atomic mass is 79.9. The van der Waals surface area contributed by atoms with Crippen LogP contribution < -0.4 is 10.5 Å². The Bertz CT molecular complexity index is 616. The fraction of sp³-hybridized carbons (Fsp3) is 0.0714. The lowest BCUT2D eigenvalue weighted by molar-refractivity contribution is 0.304. The summed E-state index contributed by atoms with van der Waals surface area (Å²) in [5, 5.41) is 7.46. The highest BCUT2D eigenvalue weighted by molar-refractivity contribution is 9.10. The van der Waals surface area contributed by atoms with E-state index < -0.39 is 0 Å². The number of nitrogens with one attached hydrogen (secondary N) is 1. The van der Waals surface area contributed by atoms with E-state index in [-0.39, 0.29) is 18.3 Å². The van der Waals surface area contributed by atoms with Gasteiger partial charge in [0.2, 0.25) is 0 Å². The van der Waals surface area contributed by atoms with Crippen molar-refractivity contribution < 1.29 is 9.13 Å². The third-order valence-corrected chi connectivity index (χ3v) is 3.48. The predicted molar refractivity (Wildman–Crippen MR) is 75.9 cm³/mol. The van der Waals surface area contributed by atoms with Crippen LogP contribution in [0.5, 0.6) is 5.75 Å². The van der Waals surface area contributed by atoms with Gasteiger partial charge in [0, 0.05) is 5.56 Å². The second kappa shape index (κ2) is 5.84. The van der Waals surface area contributed by atoms with E-state index in [1.807, 2.05) is 0 Å². The first-order chi connectivity index (χ1) is 9.09. The van der Waals surface area contributed by atoms with E-state index in [9.17, 15) is 4.39 Å². The fourth-order valence-corrected chi connectivity index (χ4v) is 2.01. The third kappa shape index (κ3) is 3.12. The Morgan fingerprint density at radius 1 is 1.21 bits per heavy atom. The minimum absolute atomic E-state index is 0.0612. The van der Waals surface area contributed by atoms with Gasteiger partial charge in [0.25, 0.3) is 0 Å². The Morgan fingerprint density at radius 2 is 1.95 bits per heavy atom. The van der Waals surface area contributed by atoms with Crippen molar-refractivity contribution >= 4 is 21.8 Å². The van der Waals surface area contributed by atoms with E-state index in [0.29, 0.717) is 21.3 Å². The number of nitrogen functional groups attached to an aromatic ring is 1. The molecular weight excluding hydrogens is 311 g/mol. The smallest absolute Gasteiger partial charge is 0.137 e. The summed E-state index contributed by atoms with van der Waals surface area (Å²) >= 11 is 3.18. The summed E-state index contributed by atoms with van der Waals surface area (Å²) in [5.41, 5.74) is 6.69. The van der Waals surface area contributed by atoms with Crippen molar-refractivity contribution in [2.24, 2.45) is 5.73 Å². The molecular formula is C14H12BrFN2O. The number of amidine groups is 1. The molecule has 0 aromatic heterocycles. The lowest BCUT2D eigenvalue weighted by atomic mass is 10.2. The van der Waals surface area contributed by atoms with E-state index >= 15 is 0 Å². The minimum Gasteiger partial charge on any atom is -0.488 e. The Morgan fingerprint density at radius 3 is 2.68 bits per heavy atom. The normalized spacial score (nSPS) is 10.2. The molecule has 3 nitrogen and oxygen atoms in total. The number of nitrogens with two attached hydrogens (primary N) is 1. The van der Waals surface area contributed by atoms with Crippen LogP contribution in [0.3, 0.4) is 0 Å². The van der Waals surface area contributed by atoms with Crippen LogP contribution in [-0.4, -0.2) is 5.84 Å². The molecule has 0 unspecified atom stereocenters. The Kier molecular flexibility index (Phi) is 4.16. The topological polar surface area (TPSA) is 59.1 Å². The van der Waals surface area contributed by atoms with E-state index in [0.717, 1.165) is 0 Å². The zero-order valence-electron chi connectivity index (χ0n) is 9.99. The van der Waals surface area contributed by atoms with Crippen molar-refractivity contribution in [3.8, 4) is 5.75 Å². The molecule has 2 aromatic carbocycles. The molecule has 0 aliphatic heterocycles. The van der Waals surface area contributed by atoms with E-state index in [1.54, 1.807) is 36.4 Å². The minimum atomic E-state index is -0.332. The standard InChI is InChI=1S/C14H12BrFN2O/c15-13-9(4-3-6-11(13)16)8-19-12-7-2-1-5-10(12)14(17)18/h1-7H,8H2,(H3,17,18). The molecule has 0 aliphatic carbocycles. The Hall–Kier alpha value is -1.88. The molecule has 2 aromatic rings. The third-order valence-electron chi connectivity index (χ3n) is 2.59. The van der Waals surface area contributed by atoms with Gasteiger partial charge < -0.3 is 10.5 Å². The Balaban J connectivity index is 2.19. The number of para-hydroxylation sites is 1. The van der Waals surface area contributed by atoms with Gasteiger partial charge in [0.1, 0.15) is 24.0 Å². The number of ether oxygens (including phenoxy) is 1. The van der Waals surface area contributed by atoms with Crippen LogP contribution in [0.15, 0.2) is 46.9 Å². The van der Waals surface area contributed by atoms with Crippen LogP contribution >= 0.6 is 15.9 Å². The molecule has 0 spiro atoms. The second-order valence-electron chi connectivity index (χ2n) is 3.91. The van der Waals surface area contributed by atoms with E-state index in [4.69, 9.17) is 15.9 Å². The number of rotatable bonds is 4. The van der Waals surface area contributed by atoms with Crippen LogP contribution in [-0.2, 0) is 6.61 Å². The van der Waals surface area contributed by atoms with Gasteiger partial charge in [0.05, 0.1) is 10.0 Å². The summed E-state index contributed by atoms with van der Waals surface area (Å²) in [4.78, 5) is 0. The van der Waals surface area contributed by atoms with Crippen LogP contribution in [0.25, 0.3) is 0 Å². The molecule has 0 amide bonds. The molecule has 0 fully saturated rings. The molecule has 0 bridgehead atoms. The highest BCUT2D eigenvalue weighted by Crippen LogP contribution is 2.23. The quantitative estimate of drug-likeness (QED) is 0.669. The summed E-state index contributed by atoms with van der Waals surface area (Å²) in [5.74, 6) is 0.112. The van der Waals surface area contributed by atoms with Crippen molar-refractivity contribution in [3.05, 3.63) is 63.9 Å². The average molecular weight is 323 g/mol. The number of benzene rings is 2. The zero-order valence-corrected chi connectivity index (χ0v) is 11.6. The molecule has 0 saturated heterocycles. The molecule has 0 aliphatic rings. The monoisotopic (exact) mass is 322 g/mol. The molecule has 2 rings (SSSR count). The second-order valence-corrected chi connectivity index (χ2v) is 4.70. The average Bonchev–Trinajstić information content (AvgIpc) is 2.40. The first kappa shape index (κ1) is 13.5. The van der Waals surface area contributed by atoms with Crippen molar-refractivity contribution in [2.45, 2.75) is 6.61 Å². The van der Waals surface area contributed by atoms with Gasteiger partial charge in [0.15, 0.2) is 0 Å². The van der Waals surface area contributed by atoms with Gasteiger partial charge in [-0.25, -0.2) is 4.39 Å². The maximum atomic E-state index is 13.4. The van der Waals surface area contributed by atoms with E-state index in [1.165, 1.54) is 6.07 Å². The van der Waals surface area contributed by atoms with Gasteiger partial charge in [-0.1, -0.05) is 24.3 Å². The zero-order chi connectivity index (χ0) is 13.8. The molecule has 5 heteroatoms. The molecule has 0 atom stereocenters. The van der Waals surface area contributed by atoms with Crippen LogP contribution in [0, 0.1) is 11.2 Å². The van der Waals surface area contributed by atoms with Crippen molar-refractivity contribution in [2.75, 3.05) is 0 Å². The van der Waals surface area contributed by atoms with Crippen molar-refractivity contribution in [3.63, 3.8) is 0 Å². The van der Waals surface area contributed by atoms with Gasteiger partial charge >= 0.3 is 0 Å². The Labute approximate surface area is 118 Å². The van der Waals surface area contributed by atoms with Gasteiger partial charge in [-0.15, -0.1) is 0 Å². The molecule has 3 N–H and O–H groups in total. The summed E-state index contributed by atoms with van der Waals surface area (Å²) < 4.78 is 19.3. The summed E-state index contributed by atoms with van der Waals surface area (Å²) in [6.07, 6.45) is 0. The molecule has 19 heavy (non-hydrogen) atoms. The summed E-state index contributed by atoms with van der Waals surface area (Å²) in [6, 6.07) is 11.8. The largest absolute Gasteiger partial charge is 0.488 e. The summed E-state index contributed by atoms with van der Waals surface area (Å²) in [7, 11) is 0. The lowest BCUT2D eigenvalue weighted by Gasteiger charge is -2.11. The van der Waals surface area contributed by atoms with Crippen LogP contribution in [0.2, 0.25) is 0 Å². The van der Waals surface area contributed by atoms with Crippen LogP contribution in [0.1, 0.15) is 11.1 Å². The number of hydrogen-bond donors (Lipinski definition) is 2. The predicted octanol–water partition coefficient (Wildman–Crippen LogP) is 3.45. The SMILES string of the molecule is N=C(N)c1ccccc1OCc1cccc(F)c1Br. The molecule has 0 saturated carbocycles. The number of halogens is 2. The van der Waals surface area contributed by atoms with Gasteiger partial charge in [-0.2, -0.15) is 0 Å². The maximum absolute atomic E-state index is 13.4. The molecule has 0 radical (unpaired) electrons. The van der Waals surface area contributed by atoms with Gasteiger partial charge in [-0.05, 0) is 34.1 Å². The summed E-state index contributed by atoms with van der Waals surface area (Å²) in [6.45, 7) is 0.197. The molecule has 98 valence electrons. The highest BCUT2D eigenvalue weighted by Gasteiger charge is 2.09. The first-order valence-electron chi connectivity index (χ1n) is 5.58. The van der Waals surface area contributed by atoms with Crippen molar-refractivity contribution in [1.82, 2.24) is 0 Å². The van der Waals surface area contributed by atoms with Gasteiger partial charge in [-0.3, -0.25) is 5.41 Å². The van der Waals surface area contributed by atoms with E-state index in [2.05, 4.69) is 15.9 Å². The first-order valence-corrected chi connectivity index (χ1v) is 6.38.